The van der Waals surface area contributed by atoms with Gasteiger partial charge in [0.25, 0.3) is 0 Å². The zero-order chi connectivity index (χ0) is 12.6. The first-order valence-corrected chi connectivity index (χ1v) is 6.10. The van der Waals surface area contributed by atoms with Crippen LogP contribution in [0.25, 0.3) is 0 Å². The summed E-state index contributed by atoms with van der Waals surface area (Å²) in [6, 6.07) is 0.276. The normalized spacial score (nSPS) is 25.4. The molecule has 0 saturated carbocycles. The second-order valence-electron chi connectivity index (χ2n) is 6.64. The molecular formula is C13H25NO2. The molecule has 94 valence electrons. The summed E-state index contributed by atoms with van der Waals surface area (Å²) in [6.07, 6.45) is 1.93. The monoisotopic (exact) mass is 227 g/mol. The Kier molecular flexibility index (Phi) is 3.56. The Bertz CT molecular complexity index is 266. The summed E-state index contributed by atoms with van der Waals surface area (Å²) in [5.74, 6) is 0. The molecule has 1 aliphatic heterocycles. The molecule has 0 bridgehead atoms. The van der Waals surface area contributed by atoms with Crippen molar-refractivity contribution < 1.29 is 9.53 Å². The van der Waals surface area contributed by atoms with Crippen molar-refractivity contribution in [2.75, 3.05) is 6.54 Å². The van der Waals surface area contributed by atoms with Gasteiger partial charge in [-0.3, -0.25) is 0 Å². The predicted octanol–water partition coefficient (Wildman–Crippen LogP) is 3.43. The summed E-state index contributed by atoms with van der Waals surface area (Å²) in [5, 5.41) is 0. The molecule has 3 nitrogen and oxygen atoms in total. The zero-order valence-corrected chi connectivity index (χ0v) is 11.5. The van der Waals surface area contributed by atoms with Crippen molar-refractivity contribution in [3.63, 3.8) is 0 Å². The lowest BCUT2D eigenvalue weighted by Gasteiger charge is -2.42. The van der Waals surface area contributed by atoms with Crippen molar-refractivity contribution in [1.29, 1.82) is 0 Å². The Hall–Kier alpha value is -0.730. The number of carbonyl (C=O) groups excluding carboxylic acids is 1. The SMILES string of the molecule is CC1CC(C)(C)CCN1C(=O)OC(C)(C)C. The van der Waals surface area contributed by atoms with Crippen molar-refractivity contribution >= 4 is 6.09 Å². The van der Waals surface area contributed by atoms with E-state index < -0.39 is 5.60 Å². The van der Waals surface area contributed by atoms with Crippen LogP contribution in [-0.4, -0.2) is 29.2 Å². The Balaban J connectivity index is 2.59. The van der Waals surface area contributed by atoms with Gasteiger partial charge in [0, 0.05) is 12.6 Å². The first kappa shape index (κ1) is 13.3. The van der Waals surface area contributed by atoms with Crippen molar-refractivity contribution in [2.24, 2.45) is 5.41 Å². The maximum absolute atomic E-state index is 11.9. The van der Waals surface area contributed by atoms with E-state index in [1.807, 2.05) is 25.7 Å². The van der Waals surface area contributed by atoms with E-state index in [0.717, 1.165) is 19.4 Å². The van der Waals surface area contributed by atoms with E-state index >= 15 is 0 Å². The summed E-state index contributed by atoms with van der Waals surface area (Å²) in [7, 11) is 0. The molecule has 0 aromatic carbocycles. The molecule has 3 heteroatoms. The van der Waals surface area contributed by atoms with Gasteiger partial charge in [-0.25, -0.2) is 4.79 Å². The van der Waals surface area contributed by atoms with E-state index in [0.29, 0.717) is 5.41 Å². The van der Waals surface area contributed by atoms with Crippen LogP contribution in [0.4, 0.5) is 4.79 Å². The van der Waals surface area contributed by atoms with Crippen LogP contribution in [0.15, 0.2) is 0 Å². The van der Waals surface area contributed by atoms with E-state index in [1.54, 1.807) is 0 Å². The molecule has 1 aliphatic rings. The summed E-state index contributed by atoms with van der Waals surface area (Å²) in [4.78, 5) is 13.8. The number of hydrogen-bond donors (Lipinski definition) is 0. The van der Waals surface area contributed by atoms with Gasteiger partial charge in [-0.15, -0.1) is 0 Å². The lowest BCUT2D eigenvalue weighted by atomic mass is 9.79. The second-order valence-corrected chi connectivity index (χ2v) is 6.64. The minimum atomic E-state index is -0.399. The highest BCUT2D eigenvalue weighted by Gasteiger charge is 2.35. The lowest BCUT2D eigenvalue weighted by Crippen LogP contribution is -2.48. The highest BCUT2D eigenvalue weighted by atomic mass is 16.6. The molecule has 0 aromatic heterocycles. The maximum Gasteiger partial charge on any atom is 0.410 e. The first-order chi connectivity index (χ1) is 7.11. The summed E-state index contributed by atoms with van der Waals surface area (Å²) < 4.78 is 5.40. The number of carbonyl (C=O) groups is 1. The fraction of sp³-hybridized carbons (Fsp3) is 0.923. The van der Waals surface area contributed by atoms with Gasteiger partial charge in [0.2, 0.25) is 0 Å². The van der Waals surface area contributed by atoms with Gasteiger partial charge in [-0.05, 0) is 46.0 Å². The third-order valence-electron chi connectivity index (χ3n) is 3.04. The van der Waals surface area contributed by atoms with Crippen LogP contribution in [0, 0.1) is 5.41 Å². The van der Waals surface area contributed by atoms with E-state index in [1.165, 1.54) is 0 Å². The van der Waals surface area contributed by atoms with Gasteiger partial charge in [0.1, 0.15) is 5.60 Å². The molecule has 1 atom stereocenters. The van der Waals surface area contributed by atoms with Gasteiger partial charge in [0.05, 0.1) is 0 Å². The number of nitrogens with zero attached hydrogens (tertiary/aromatic N) is 1. The molecule has 0 aliphatic carbocycles. The molecule has 1 amide bonds. The minimum Gasteiger partial charge on any atom is -0.444 e. The molecule has 1 heterocycles. The van der Waals surface area contributed by atoms with Crippen LogP contribution in [0.2, 0.25) is 0 Å². The lowest BCUT2D eigenvalue weighted by molar-refractivity contribution is -0.000198. The van der Waals surface area contributed by atoms with E-state index in [9.17, 15) is 4.79 Å². The highest BCUT2D eigenvalue weighted by Crippen LogP contribution is 2.34. The van der Waals surface area contributed by atoms with Gasteiger partial charge in [0.15, 0.2) is 0 Å². The number of ether oxygens (including phenoxy) is 1. The van der Waals surface area contributed by atoms with Crippen molar-refractivity contribution in [2.45, 2.75) is 66.0 Å². The number of likely N-dealkylation sites (tertiary alicyclic amines) is 1. The Labute approximate surface area is 99.1 Å². The molecular weight excluding hydrogens is 202 g/mol. The van der Waals surface area contributed by atoms with Crippen LogP contribution >= 0.6 is 0 Å². The maximum atomic E-state index is 11.9. The van der Waals surface area contributed by atoms with Crippen LogP contribution < -0.4 is 0 Å². The second kappa shape index (κ2) is 4.27. The number of piperidine rings is 1. The summed E-state index contributed by atoms with van der Waals surface area (Å²) >= 11 is 0. The third kappa shape index (κ3) is 3.69. The number of hydrogen-bond acceptors (Lipinski definition) is 2. The van der Waals surface area contributed by atoms with Gasteiger partial charge in [-0.1, -0.05) is 13.8 Å². The van der Waals surface area contributed by atoms with Crippen molar-refractivity contribution in [1.82, 2.24) is 4.90 Å². The minimum absolute atomic E-state index is 0.171. The number of amides is 1. The summed E-state index contributed by atoms with van der Waals surface area (Å²) in [6.45, 7) is 13.1. The Morgan fingerprint density at radius 2 is 1.94 bits per heavy atom. The largest absolute Gasteiger partial charge is 0.444 e. The average Bonchev–Trinajstić information content (AvgIpc) is 1.97. The Morgan fingerprint density at radius 1 is 1.38 bits per heavy atom. The summed E-state index contributed by atoms with van der Waals surface area (Å²) in [5.41, 5.74) is -0.0539. The molecule has 1 fully saturated rings. The van der Waals surface area contributed by atoms with Crippen LogP contribution in [0.5, 0.6) is 0 Å². The average molecular weight is 227 g/mol. The predicted molar refractivity (Wildman–Crippen MR) is 65.4 cm³/mol. The molecule has 16 heavy (non-hydrogen) atoms. The third-order valence-corrected chi connectivity index (χ3v) is 3.04. The molecule has 1 saturated heterocycles. The Morgan fingerprint density at radius 3 is 2.38 bits per heavy atom. The van der Waals surface area contributed by atoms with Gasteiger partial charge in [-0.2, -0.15) is 0 Å². The van der Waals surface area contributed by atoms with Crippen LogP contribution in [-0.2, 0) is 4.74 Å². The molecule has 0 aromatic rings. The fourth-order valence-electron chi connectivity index (χ4n) is 2.25. The van der Waals surface area contributed by atoms with Gasteiger partial charge < -0.3 is 9.64 Å². The molecule has 0 radical (unpaired) electrons. The standard InChI is InChI=1S/C13H25NO2/c1-10-9-13(5,6)7-8-14(10)11(15)16-12(2,3)4/h10H,7-9H2,1-6H3. The molecule has 1 unspecified atom stereocenters. The molecule has 0 spiro atoms. The van der Waals surface area contributed by atoms with E-state index in [4.69, 9.17) is 4.74 Å². The van der Waals surface area contributed by atoms with Crippen molar-refractivity contribution in [3.8, 4) is 0 Å². The quantitative estimate of drug-likeness (QED) is 0.634. The smallest absolute Gasteiger partial charge is 0.410 e. The zero-order valence-electron chi connectivity index (χ0n) is 11.5. The van der Waals surface area contributed by atoms with E-state index in [-0.39, 0.29) is 12.1 Å². The topological polar surface area (TPSA) is 29.5 Å². The number of rotatable bonds is 0. The fourth-order valence-corrected chi connectivity index (χ4v) is 2.25. The first-order valence-electron chi connectivity index (χ1n) is 6.10. The van der Waals surface area contributed by atoms with Crippen LogP contribution in [0.3, 0.4) is 0 Å². The van der Waals surface area contributed by atoms with Gasteiger partial charge >= 0.3 is 6.09 Å². The van der Waals surface area contributed by atoms with Crippen molar-refractivity contribution in [3.05, 3.63) is 0 Å². The highest BCUT2D eigenvalue weighted by molar-refractivity contribution is 5.68. The molecule has 1 rings (SSSR count). The van der Waals surface area contributed by atoms with Crippen LogP contribution in [0.1, 0.15) is 54.4 Å². The van der Waals surface area contributed by atoms with E-state index in [2.05, 4.69) is 20.8 Å². The molecule has 0 N–H and O–H groups in total.